The number of anilines is 1. The topological polar surface area (TPSA) is 44.5 Å². The normalized spacial score (nSPS) is 22.7. The standard InChI is InChI=1S/C14H20FNO2S/c1-3-5-18-12-8-14(11(16)7-10(12)15)19-13-4-6-17-9(13)2/h7-9,13H,3-6,16H2,1-2H3. The van der Waals surface area contributed by atoms with Gasteiger partial charge in [0.1, 0.15) is 0 Å². The van der Waals surface area contributed by atoms with Crippen molar-refractivity contribution < 1.29 is 13.9 Å². The highest BCUT2D eigenvalue weighted by molar-refractivity contribution is 8.00. The number of nitrogens with two attached hydrogens (primary N) is 1. The largest absolute Gasteiger partial charge is 0.490 e. The molecule has 1 aromatic rings. The van der Waals surface area contributed by atoms with Crippen molar-refractivity contribution in [3.05, 3.63) is 17.9 Å². The van der Waals surface area contributed by atoms with Crippen LogP contribution >= 0.6 is 11.8 Å². The molecule has 2 N–H and O–H groups in total. The van der Waals surface area contributed by atoms with Crippen LogP contribution < -0.4 is 10.5 Å². The van der Waals surface area contributed by atoms with E-state index in [1.807, 2.05) is 6.92 Å². The van der Waals surface area contributed by atoms with E-state index >= 15 is 0 Å². The molecule has 1 heterocycles. The van der Waals surface area contributed by atoms with E-state index in [9.17, 15) is 4.39 Å². The zero-order valence-corrected chi connectivity index (χ0v) is 12.1. The van der Waals surface area contributed by atoms with Gasteiger partial charge in [-0.3, -0.25) is 0 Å². The predicted octanol–water partition coefficient (Wildman–Crippen LogP) is 3.47. The number of nitrogen functional groups attached to an aromatic ring is 1. The average molecular weight is 285 g/mol. The van der Waals surface area contributed by atoms with Crippen molar-refractivity contribution in [3.63, 3.8) is 0 Å². The number of rotatable bonds is 5. The highest BCUT2D eigenvalue weighted by atomic mass is 32.2. The maximum Gasteiger partial charge on any atom is 0.167 e. The molecule has 1 aliphatic heterocycles. The second-order valence-corrected chi connectivity index (χ2v) is 5.97. The fourth-order valence-electron chi connectivity index (χ4n) is 2.00. The van der Waals surface area contributed by atoms with E-state index in [1.165, 1.54) is 6.07 Å². The van der Waals surface area contributed by atoms with Gasteiger partial charge in [-0.15, -0.1) is 11.8 Å². The zero-order chi connectivity index (χ0) is 13.8. The van der Waals surface area contributed by atoms with E-state index in [2.05, 4.69) is 6.92 Å². The third kappa shape index (κ3) is 3.54. The summed E-state index contributed by atoms with van der Waals surface area (Å²) in [5, 5.41) is 0.367. The molecule has 106 valence electrons. The summed E-state index contributed by atoms with van der Waals surface area (Å²) in [4.78, 5) is 0.870. The molecule has 0 saturated carbocycles. The van der Waals surface area contributed by atoms with Crippen molar-refractivity contribution >= 4 is 17.4 Å². The highest BCUT2D eigenvalue weighted by Crippen LogP contribution is 2.38. The Hall–Kier alpha value is -0.940. The lowest BCUT2D eigenvalue weighted by molar-refractivity contribution is 0.127. The van der Waals surface area contributed by atoms with Crippen LogP contribution in [-0.2, 0) is 4.74 Å². The number of thioether (sulfide) groups is 1. The van der Waals surface area contributed by atoms with Gasteiger partial charge >= 0.3 is 0 Å². The first-order chi connectivity index (χ1) is 9.11. The quantitative estimate of drug-likeness (QED) is 0.841. The van der Waals surface area contributed by atoms with E-state index in [1.54, 1.807) is 17.8 Å². The van der Waals surface area contributed by atoms with Crippen molar-refractivity contribution in [2.75, 3.05) is 18.9 Å². The van der Waals surface area contributed by atoms with Crippen LogP contribution in [0, 0.1) is 5.82 Å². The molecule has 1 aromatic carbocycles. The number of hydrogen-bond donors (Lipinski definition) is 1. The zero-order valence-electron chi connectivity index (χ0n) is 11.3. The van der Waals surface area contributed by atoms with Crippen molar-refractivity contribution in [3.8, 4) is 5.75 Å². The molecule has 2 rings (SSSR count). The molecule has 0 bridgehead atoms. The van der Waals surface area contributed by atoms with Gasteiger partial charge in [-0.05, 0) is 25.8 Å². The van der Waals surface area contributed by atoms with Gasteiger partial charge in [-0.1, -0.05) is 6.92 Å². The van der Waals surface area contributed by atoms with Crippen LogP contribution in [0.5, 0.6) is 5.75 Å². The Kier molecular flexibility index (Phi) is 4.93. The first-order valence-electron chi connectivity index (χ1n) is 6.62. The van der Waals surface area contributed by atoms with Gasteiger partial charge in [0.05, 0.1) is 12.7 Å². The molecule has 0 aromatic heterocycles. The molecule has 1 fully saturated rings. The van der Waals surface area contributed by atoms with Gasteiger partial charge < -0.3 is 15.2 Å². The van der Waals surface area contributed by atoms with Gasteiger partial charge in [-0.25, -0.2) is 4.39 Å². The summed E-state index contributed by atoms with van der Waals surface area (Å²) in [5.74, 6) is -0.115. The summed E-state index contributed by atoms with van der Waals surface area (Å²) in [6.07, 6.45) is 2.04. The fourth-order valence-corrected chi connectivity index (χ4v) is 3.19. The van der Waals surface area contributed by atoms with Gasteiger partial charge in [0, 0.05) is 28.5 Å². The van der Waals surface area contributed by atoms with Crippen molar-refractivity contribution in [1.82, 2.24) is 0 Å². The molecule has 5 heteroatoms. The van der Waals surface area contributed by atoms with Crippen LogP contribution in [0.1, 0.15) is 26.7 Å². The van der Waals surface area contributed by atoms with Crippen LogP contribution in [0.15, 0.2) is 17.0 Å². The predicted molar refractivity (Wildman–Crippen MR) is 76.3 cm³/mol. The van der Waals surface area contributed by atoms with Gasteiger partial charge in [0.2, 0.25) is 0 Å². The Bertz CT molecular complexity index is 442. The Morgan fingerprint density at radius 2 is 2.32 bits per heavy atom. The summed E-state index contributed by atoms with van der Waals surface area (Å²) in [6.45, 7) is 5.33. The molecule has 3 nitrogen and oxygen atoms in total. The third-order valence-electron chi connectivity index (χ3n) is 3.11. The summed E-state index contributed by atoms with van der Waals surface area (Å²) in [6, 6.07) is 3.05. The average Bonchev–Trinajstić information content (AvgIpc) is 2.77. The molecule has 1 saturated heterocycles. The molecule has 1 aliphatic rings. The molecule has 0 radical (unpaired) electrons. The SMILES string of the molecule is CCCOc1cc(SC2CCOC2C)c(N)cc1F. The molecule has 2 unspecified atom stereocenters. The maximum atomic E-state index is 13.7. The van der Waals surface area contributed by atoms with Gasteiger partial charge in [-0.2, -0.15) is 0 Å². The van der Waals surface area contributed by atoms with Gasteiger partial charge in [0.15, 0.2) is 11.6 Å². The number of benzene rings is 1. The van der Waals surface area contributed by atoms with E-state index in [0.29, 0.717) is 17.5 Å². The first kappa shape index (κ1) is 14.5. The summed E-state index contributed by atoms with van der Waals surface area (Å²) in [7, 11) is 0. The molecule has 19 heavy (non-hydrogen) atoms. The second kappa shape index (κ2) is 6.48. The van der Waals surface area contributed by atoms with Crippen LogP contribution in [0.4, 0.5) is 10.1 Å². The van der Waals surface area contributed by atoms with E-state index < -0.39 is 5.82 Å². The van der Waals surface area contributed by atoms with E-state index in [4.69, 9.17) is 15.2 Å². The minimum atomic E-state index is -0.397. The van der Waals surface area contributed by atoms with Crippen LogP contribution in [0.25, 0.3) is 0 Å². The molecule has 2 atom stereocenters. The summed E-state index contributed by atoms with van der Waals surface area (Å²) < 4.78 is 24.6. The van der Waals surface area contributed by atoms with E-state index in [-0.39, 0.29) is 11.9 Å². The van der Waals surface area contributed by atoms with E-state index in [0.717, 1.165) is 24.3 Å². The summed E-state index contributed by atoms with van der Waals surface area (Å²) >= 11 is 1.65. The van der Waals surface area contributed by atoms with Crippen molar-refractivity contribution in [1.29, 1.82) is 0 Å². The first-order valence-corrected chi connectivity index (χ1v) is 7.50. The Morgan fingerprint density at radius 3 is 2.95 bits per heavy atom. The minimum absolute atomic E-state index is 0.203. The van der Waals surface area contributed by atoms with Crippen LogP contribution in [0.2, 0.25) is 0 Å². The van der Waals surface area contributed by atoms with Crippen molar-refractivity contribution in [2.24, 2.45) is 0 Å². The molecular weight excluding hydrogens is 265 g/mol. The molecule has 0 amide bonds. The van der Waals surface area contributed by atoms with Gasteiger partial charge in [0.25, 0.3) is 0 Å². The monoisotopic (exact) mass is 285 g/mol. The molecular formula is C14H20FNO2S. The number of hydrogen-bond acceptors (Lipinski definition) is 4. The second-order valence-electron chi connectivity index (χ2n) is 4.69. The third-order valence-corrected chi connectivity index (χ3v) is 4.64. The number of ether oxygens (including phenoxy) is 2. The summed E-state index contributed by atoms with van der Waals surface area (Å²) in [5.41, 5.74) is 6.35. The van der Waals surface area contributed by atoms with Crippen LogP contribution in [-0.4, -0.2) is 24.6 Å². The smallest absolute Gasteiger partial charge is 0.167 e. The molecule has 0 aliphatic carbocycles. The fraction of sp³-hybridized carbons (Fsp3) is 0.571. The number of halogens is 1. The Labute approximate surface area is 117 Å². The lowest BCUT2D eigenvalue weighted by atomic mass is 10.2. The van der Waals surface area contributed by atoms with Crippen LogP contribution in [0.3, 0.4) is 0 Å². The maximum absolute atomic E-state index is 13.7. The molecule has 0 spiro atoms. The lowest BCUT2D eigenvalue weighted by Crippen LogP contribution is -2.13. The Balaban J connectivity index is 2.14. The highest BCUT2D eigenvalue weighted by Gasteiger charge is 2.26. The minimum Gasteiger partial charge on any atom is -0.490 e. The lowest BCUT2D eigenvalue weighted by Gasteiger charge is -2.16. The van der Waals surface area contributed by atoms with Crippen molar-refractivity contribution in [2.45, 2.75) is 42.9 Å². The Morgan fingerprint density at radius 1 is 1.53 bits per heavy atom.